The first-order chi connectivity index (χ1) is 13.8. The molecule has 6 heteroatoms. The van der Waals surface area contributed by atoms with Gasteiger partial charge in [0.2, 0.25) is 0 Å². The maximum atomic E-state index is 14.7. The minimum Gasteiger partial charge on any atom is -0.320 e. The molecule has 0 aliphatic carbocycles. The Morgan fingerprint density at radius 2 is 1.31 bits per heavy atom. The van der Waals surface area contributed by atoms with Gasteiger partial charge in [0.15, 0.2) is 0 Å². The first kappa shape index (κ1) is 21.0. The largest absolute Gasteiger partial charge is 0.388 e. The van der Waals surface area contributed by atoms with E-state index in [2.05, 4.69) is 11.7 Å². The van der Waals surface area contributed by atoms with Crippen molar-refractivity contribution in [3.8, 4) is 22.3 Å². The quantitative estimate of drug-likeness (QED) is 0.397. The Bertz CT molecular complexity index is 989. The smallest absolute Gasteiger partial charge is 0.320 e. The maximum absolute atomic E-state index is 14.7. The zero-order valence-electron chi connectivity index (χ0n) is 15.9. The van der Waals surface area contributed by atoms with Crippen LogP contribution in [0.4, 0.5) is 22.0 Å². The summed E-state index contributed by atoms with van der Waals surface area (Å²) in [5.41, 5.74) is 0.778. The van der Waals surface area contributed by atoms with Crippen LogP contribution in [0.5, 0.6) is 0 Å². The summed E-state index contributed by atoms with van der Waals surface area (Å²) in [6.45, 7) is 2.08. The van der Waals surface area contributed by atoms with Gasteiger partial charge in [-0.15, -0.1) is 0 Å². The second kappa shape index (κ2) is 8.33. The molecule has 3 aromatic rings. The Labute approximate surface area is 165 Å². The summed E-state index contributed by atoms with van der Waals surface area (Å²) in [6, 6.07) is 13.2. The zero-order chi connectivity index (χ0) is 21.2. The van der Waals surface area contributed by atoms with Crippen LogP contribution in [0.3, 0.4) is 0 Å². The number of alkyl halides is 2. The number of ether oxygens (including phenoxy) is 1. The summed E-state index contributed by atoms with van der Waals surface area (Å²) >= 11 is 0. The van der Waals surface area contributed by atoms with E-state index in [1.54, 1.807) is 6.07 Å². The number of aryl methyl sites for hydroxylation is 1. The molecule has 0 bridgehead atoms. The highest BCUT2D eigenvalue weighted by atomic mass is 19.3. The highest BCUT2D eigenvalue weighted by Crippen LogP contribution is 2.36. The minimum absolute atomic E-state index is 0.0959. The van der Waals surface area contributed by atoms with Crippen molar-refractivity contribution < 1.29 is 26.7 Å². The van der Waals surface area contributed by atoms with E-state index in [1.807, 2.05) is 24.3 Å². The molecule has 1 nitrogen and oxygen atoms in total. The summed E-state index contributed by atoms with van der Waals surface area (Å²) in [5.74, 6) is -3.74. The molecule has 0 N–H and O–H groups in total. The van der Waals surface area contributed by atoms with Crippen LogP contribution in [0, 0.1) is 17.5 Å². The summed E-state index contributed by atoms with van der Waals surface area (Å²) in [6.07, 6.45) is -2.16. The van der Waals surface area contributed by atoms with E-state index in [0.717, 1.165) is 18.4 Å². The van der Waals surface area contributed by atoms with Crippen molar-refractivity contribution in [1.29, 1.82) is 0 Å². The van der Waals surface area contributed by atoms with Gasteiger partial charge in [-0.2, -0.15) is 8.78 Å². The third-order valence-electron chi connectivity index (χ3n) is 4.70. The van der Waals surface area contributed by atoms with E-state index in [1.165, 1.54) is 17.7 Å². The molecule has 0 unspecified atom stereocenters. The van der Waals surface area contributed by atoms with Crippen LogP contribution in [-0.4, -0.2) is 7.11 Å². The lowest BCUT2D eigenvalue weighted by atomic mass is 9.97. The Morgan fingerprint density at radius 3 is 1.83 bits per heavy atom. The van der Waals surface area contributed by atoms with Gasteiger partial charge in [-0.05, 0) is 46.9 Å². The van der Waals surface area contributed by atoms with E-state index in [4.69, 9.17) is 0 Å². The van der Waals surface area contributed by atoms with Gasteiger partial charge in [0.25, 0.3) is 0 Å². The zero-order valence-corrected chi connectivity index (χ0v) is 15.9. The Kier molecular flexibility index (Phi) is 6.03. The van der Waals surface area contributed by atoms with Crippen molar-refractivity contribution in [2.45, 2.75) is 25.9 Å². The van der Waals surface area contributed by atoms with Gasteiger partial charge >= 0.3 is 6.11 Å². The molecule has 0 spiro atoms. The summed E-state index contributed by atoms with van der Waals surface area (Å²) in [5, 5.41) is 0. The highest BCUT2D eigenvalue weighted by molar-refractivity contribution is 5.71. The molecule has 0 fully saturated rings. The third-order valence-corrected chi connectivity index (χ3v) is 4.70. The normalized spacial score (nSPS) is 11.7. The number of halogens is 5. The summed E-state index contributed by atoms with van der Waals surface area (Å²) in [4.78, 5) is 0. The van der Waals surface area contributed by atoms with Gasteiger partial charge in [-0.3, -0.25) is 0 Å². The van der Waals surface area contributed by atoms with Crippen molar-refractivity contribution in [2.24, 2.45) is 0 Å². The van der Waals surface area contributed by atoms with Crippen molar-refractivity contribution in [3.63, 3.8) is 0 Å². The van der Waals surface area contributed by atoms with Crippen LogP contribution >= 0.6 is 0 Å². The van der Waals surface area contributed by atoms with Gasteiger partial charge in [-0.25, -0.2) is 13.2 Å². The van der Waals surface area contributed by atoms with Gasteiger partial charge in [0.05, 0.1) is 0 Å². The third kappa shape index (κ3) is 4.32. The van der Waals surface area contributed by atoms with Crippen LogP contribution in [0.1, 0.15) is 24.5 Å². The first-order valence-corrected chi connectivity index (χ1v) is 9.08. The van der Waals surface area contributed by atoms with E-state index >= 15 is 0 Å². The van der Waals surface area contributed by atoms with Gasteiger partial charge in [0.1, 0.15) is 23.0 Å². The van der Waals surface area contributed by atoms with Crippen molar-refractivity contribution in [3.05, 3.63) is 83.2 Å². The average molecular weight is 406 g/mol. The molecule has 0 aromatic heterocycles. The van der Waals surface area contributed by atoms with Crippen LogP contribution in [0.15, 0.2) is 54.6 Å². The predicted octanol–water partition coefficient (Wildman–Crippen LogP) is 7.09. The van der Waals surface area contributed by atoms with Crippen LogP contribution < -0.4 is 0 Å². The number of hydrogen-bond donors (Lipinski definition) is 0. The van der Waals surface area contributed by atoms with Crippen LogP contribution in [-0.2, 0) is 17.3 Å². The fourth-order valence-electron chi connectivity index (χ4n) is 3.19. The second-order valence-corrected chi connectivity index (χ2v) is 6.68. The second-order valence-electron chi connectivity index (χ2n) is 6.68. The molecule has 29 heavy (non-hydrogen) atoms. The van der Waals surface area contributed by atoms with E-state index in [-0.39, 0.29) is 11.1 Å². The molecule has 0 saturated heterocycles. The molecule has 152 valence electrons. The van der Waals surface area contributed by atoms with E-state index in [0.29, 0.717) is 24.8 Å². The van der Waals surface area contributed by atoms with Crippen molar-refractivity contribution in [1.82, 2.24) is 0 Å². The molecular formula is C23H19F5O. The van der Waals surface area contributed by atoms with Crippen LogP contribution in [0.25, 0.3) is 22.3 Å². The van der Waals surface area contributed by atoms with Crippen molar-refractivity contribution >= 4 is 0 Å². The molecule has 0 heterocycles. The first-order valence-electron chi connectivity index (χ1n) is 9.08. The molecule has 0 amide bonds. The Morgan fingerprint density at radius 1 is 0.759 bits per heavy atom. The number of hydrogen-bond acceptors (Lipinski definition) is 1. The van der Waals surface area contributed by atoms with Gasteiger partial charge in [0, 0.05) is 12.7 Å². The standard InChI is InChI=1S/C23H19F5O/c1-3-4-14-5-7-15(8-6-14)16-9-10-18(19(24)11-16)17-12-20(25)22(21(26)13-17)23(27,28)29-2/h5-13H,3-4H2,1-2H3. The Balaban J connectivity index is 1.97. The number of benzene rings is 3. The van der Waals surface area contributed by atoms with E-state index in [9.17, 15) is 22.0 Å². The minimum atomic E-state index is -4.13. The molecule has 0 radical (unpaired) electrons. The summed E-state index contributed by atoms with van der Waals surface area (Å²) < 4.78 is 73.9. The summed E-state index contributed by atoms with van der Waals surface area (Å²) in [7, 11) is 0.639. The molecule has 0 aliphatic rings. The topological polar surface area (TPSA) is 9.23 Å². The van der Waals surface area contributed by atoms with Gasteiger partial charge < -0.3 is 4.74 Å². The van der Waals surface area contributed by atoms with Gasteiger partial charge in [-0.1, -0.05) is 49.7 Å². The molecule has 0 atom stereocenters. The van der Waals surface area contributed by atoms with Crippen molar-refractivity contribution in [2.75, 3.05) is 7.11 Å². The highest BCUT2D eigenvalue weighted by Gasteiger charge is 2.38. The predicted molar refractivity (Wildman–Crippen MR) is 102 cm³/mol. The molecule has 3 rings (SSSR count). The van der Waals surface area contributed by atoms with Crippen LogP contribution in [0.2, 0.25) is 0 Å². The SMILES string of the molecule is CCCc1ccc(-c2ccc(-c3cc(F)c(C(F)(F)OC)c(F)c3)c(F)c2)cc1. The maximum Gasteiger partial charge on any atom is 0.388 e. The number of methoxy groups -OCH3 is 1. The lowest BCUT2D eigenvalue weighted by Crippen LogP contribution is -2.20. The molecule has 0 saturated carbocycles. The fourth-order valence-corrected chi connectivity index (χ4v) is 3.19. The van der Waals surface area contributed by atoms with E-state index < -0.39 is 29.1 Å². The number of rotatable bonds is 6. The Hall–Kier alpha value is -2.73. The lowest BCUT2D eigenvalue weighted by molar-refractivity contribution is -0.235. The molecule has 3 aromatic carbocycles. The lowest BCUT2D eigenvalue weighted by Gasteiger charge is -2.17. The molecule has 0 aliphatic heterocycles. The fraction of sp³-hybridized carbons (Fsp3) is 0.217. The monoisotopic (exact) mass is 406 g/mol. The average Bonchev–Trinajstić information content (AvgIpc) is 2.68. The molecular weight excluding hydrogens is 387 g/mol.